The lowest BCUT2D eigenvalue weighted by molar-refractivity contribution is 0.300. The van der Waals surface area contributed by atoms with Crippen LogP contribution in [-0.2, 0) is 6.54 Å². The van der Waals surface area contributed by atoms with Gasteiger partial charge in [-0.05, 0) is 25.5 Å². The SMILES string of the molecule is CCCCCCCCCCCCCCCCCCNCc1ccccc1OCCCCCCCCCC. The largest absolute Gasteiger partial charge is 0.493 e. The minimum atomic E-state index is 0.852. The maximum absolute atomic E-state index is 6.13. The summed E-state index contributed by atoms with van der Waals surface area (Å²) in [4.78, 5) is 0. The molecule has 216 valence electrons. The second-order valence-corrected chi connectivity index (χ2v) is 11.4. The molecule has 1 aromatic carbocycles. The van der Waals surface area contributed by atoms with Crippen LogP contribution in [0.2, 0.25) is 0 Å². The fraction of sp³-hybridized carbons (Fsp3) is 0.829. The zero-order valence-corrected chi connectivity index (χ0v) is 25.3. The van der Waals surface area contributed by atoms with E-state index in [9.17, 15) is 0 Å². The van der Waals surface area contributed by atoms with Crippen LogP contribution in [0.25, 0.3) is 0 Å². The van der Waals surface area contributed by atoms with Crippen LogP contribution in [0, 0.1) is 0 Å². The first-order valence-corrected chi connectivity index (χ1v) is 16.8. The summed E-state index contributed by atoms with van der Waals surface area (Å²) < 4.78 is 6.13. The van der Waals surface area contributed by atoms with Gasteiger partial charge in [-0.15, -0.1) is 0 Å². The lowest BCUT2D eigenvalue weighted by Gasteiger charge is -2.12. The Kier molecular flexibility index (Phi) is 25.7. The van der Waals surface area contributed by atoms with Gasteiger partial charge in [0.2, 0.25) is 0 Å². The minimum absolute atomic E-state index is 0.852. The van der Waals surface area contributed by atoms with E-state index < -0.39 is 0 Å². The van der Waals surface area contributed by atoms with Crippen molar-refractivity contribution in [3.05, 3.63) is 29.8 Å². The summed E-state index contributed by atoms with van der Waals surface area (Å²) in [6.07, 6.45) is 33.6. The first kappa shape index (κ1) is 34.0. The Labute approximate surface area is 233 Å². The molecule has 1 N–H and O–H groups in total. The lowest BCUT2D eigenvalue weighted by atomic mass is 10.0. The highest BCUT2D eigenvalue weighted by Gasteiger charge is 2.03. The quantitative estimate of drug-likeness (QED) is 0.107. The predicted octanol–water partition coefficient (Wildman–Crippen LogP) is 11.6. The molecule has 0 radical (unpaired) electrons. The van der Waals surface area contributed by atoms with Crippen LogP contribution < -0.4 is 10.1 Å². The number of ether oxygens (including phenoxy) is 1. The Morgan fingerprint density at radius 1 is 0.486 bits per heavy atom. The molecule has 1 aromatic rings. The molecule has 2 heteroatoms. The Bertz CT molecular complexity index is 572. The second-order valence-electron chi connectivity index (χ2n) is 11.4. The van der Waals surface area contributed by atoms with Crippen LogP contribution in [0.3, 0.4) is 0 Å². The van der Waals surface area contributed by atoms with Crippen molar-refractivity contribution in [3.8, 4) is 5.75 Å². The monoisotopic (exact) mass is 516 g/mol. The summed E-state index contributed by atoms with van der Waals surface area (Å²) >= 11 is 0. The predicted molar refractivity (Wildman–Crippen MR) is 166 cm³/mol. The summed E-state index contributed by atoms with van der Waals surface area (Å²) in [5, 5.41) is 3.65. The topological polar surface area (TPSA) is 21.3 Å². The summed E-state index contributed by atoms with van der Waals surface area (Å²) in [6, 6.07) is 8.58. The van der Waals surface area contributed by atoms with E-state index in [0.29, 0.717) is 0 Å². The maximum Gasteiger partial charge on any atom is 0.123 e. The Morgan fingerprint density at radius 2 is 0.892 bits per heavy atom. The standard InChI is InChI=1S/C35H65NO/c1-3-5-7-9-11-13-14-15-16-17-18-19-20-21-23-27-31-36-33-34-29-25-26-30-35(34)37-32-28-24-22-12-10-8-6-4-2/h25-26,29-30,36H,3-24,27-28,31-33H2,1-2H3. The summed E-state index contributed by atoms with van der Waals surface area (Å²) in [7, 11) is 0. The molecule has 0 atom stereocenters. The third kappa shape index (κ3) is 22.7. The van der Waals surface area contributed by atoms with Crippen LogP contribution in [0.5, 0.6) is 5.75 Å². The molecule has 1 rings (SSSR count). The van der Waals surface area contributed by atoms with E-state index in [2.05, 4.69) is 43.4 Å². The Balaban J connectivity index is 1.89. The molecule has 0 fully saturated rings. The highest BCUT2D eigenvalue weighted by molar-refractivity contribution is 5.33. The minimum Gasteiger partial charge on any atom is -0.493 e. The van der Waals surface area contributed by atoms with Crippen LogP contribution in [0.15, 0.2) is 24.3 Å². The van der Waals surface area contributed by atoms with Gasteiger partial charge in [-0.25, -0.2) is 0 Å². The third-order valence-corrected chi connectivity index (χ3v) is 7.75. The molecule has 0 saturated heterocycles. The van der Waals surface area contributed by atoms with E-state index in [-0.39, 0.29) is 0 Å². The normalized spacial score (nSPS) is 11.3. The van der Waals surface area contributed by atoms with Crippen molar-refractivity contribution >= 4 is 0 Å². The first-order valence-electron chi connectivity index (χ1n) is 16.8. The first-order chi connectivity index (χ1) is 18.4. The molecule has 37 heavy (non-hydrogen) atoms. The van der Waals surface area contributed by atoms with Crippen molar-refractivity contribution < 1.29 is 4.74 Å². The number of rotatable bonds is 29. The molecule has 0 aliphatic heterocycles. The van der Waals surface area contributed by atoms with E-state index in [0.717, 1.165) is 25.4 Å². The van der Waals surface area contributed by atoms with Crippen molar-refractivity contribution in [3.63, 3.8) is 0 Å². The molecular weight excluding hydrogens is 450 g/mol. The van der Waals surface area contributed by atoms with Crippen LogP contribution >= 0.6 is 0 Å². The van der Waals surface area contributed by atoms with Gasteiger partial charge in [0.25, 0.3) is 0 Å². The zero-order valence-electron chi connectivity index (χ0n) is 25.3. The van der Waals surface area contributed by atoms with Crippen molar-refractivity contribution in [1.29, 1.82) is 0 Å². The molecule has 0 bridgehead atoms. The highest BCUT2D eigenvalue weighted by atomic mass is 16.5. The van der Waals surface area contributed by atoms with Gasteiger partial charge in [-0.2, -0.15) is 0 Å². The van der Waals surface area contributed by atoms with Gasteiger partial charge in [-0.3, -0.25) is 0 Å². The van der Waals surface area contributed by atoms with Crippen LogP contribution in [0.1, 0.15) is 174 Å². The van der Waals surface area contributed by atoms with Crippen molar-refractivity contribution in [1.82, 2.24) is 5.32 Å². The second kappa shape index (κ2) is 28.0. The lowest BCUT2D eigenvalue weighted by Crippen LogP contribution is -2.15. The number of hydrogen-bond acceptors (Lipinski definition) is 2. The molecular formula is C35H65NO. The summed E-state index contributed by atoms with van der Waals surface area (Å²) in [5.41, 5.74) is 1.30. The van der Waals surface area contributed by atoms with E-state index in [1.807, 2.05) is 0 Å². The highest BCUT2D eigenvalue weighted by Crippen LogP contribution is 2.19. The van der Waals surface area contributed by atoms with Crippen molar-refractivity contribution in [2.24, 2.45) is 0 Å². The number of para-hydroxylation sites is 1. The number of nitrogens with one attached hydrogen (secondary N) is 1. The zero-order chi connectivity index (χ0) is 26.5. The average Bonchev–Trinajstić information content (AvgIpc) is 2.92. The van der Waals surface area contributed by atoms with Gasteiger partial charge < -0.3 is 10.1 Å². The molecule has 0 aromatic heterocycles. The molecule has 0 amide bonds. The fourth-order valence-corrected chi connectivity index (χ4v) is 5.23. The summed E-state index contributed by atoms with van der Waals surface area (Å²) in [6.45, 7) is 7.47. The molecule has 2 nitrogen and oxygen atoms in total. The van der Waals surface area contributed by atoms with E-state index in [1.54, 1.807) is 0 Å². The molecule has 0 spiro atoms. The molecule has 0 aliphatic carbocycles. The number of benzene rings is 1. The maximum atomic E-state index is 6.13. The Morgan fingerprint density at radius 3 is 1.38 bits per heavy atom. The van der Waals surface area contributed by atoms with Gasteiger partial charge in [0.1, 0.15) is 5.75 Å². The van der Waals surface area contributed by atoms with Crippen LogP contribution in [0.4, 0.5) is 0 Å². The van der Waals surface area contributed by atoms with Gasteiger partial charge >= 0.3 is 0 Å². The summed E-state index contributed by atoms with van der Waals surface area (Å²) in [5.74, 6) is 1.07. The van der Waals surface area contributed by atoms with E-state index in [4.69, 9.17) is 4.74 Å². The van der Waals surface area contributed by atoms with E-state index >= 15 is 0 Å². The fourth-order valence-electron chi connectivity index (χ4n) is 5.23. The van der Waals surface area contributed by atoms with Crippen molar-refractivity contribution in [2.45, 2.75) is 174 Å². The van der Waals surface area contributed by atoms with Gasteiger partial charge in [0.15, 0.2) is 0 Å². The molecule has 0 saturated carbocycles. The van der Waals surface area contributed by atoms with Gasteiger partial charge in [0, 0.05) is 12.1 Å². The smallest absolute Gasteiger partial charge is 0.123 e. The number of hydrogen-bond donors (Lipinski definition) is 1. The van der Waals surface area contributed by atoms with E-state index in [1.165, 1.54) is 160 Å². The van der Waals surface area contributed by atoms with Crippen molar-refractivity contribution in [2.75, 3.05) is 13.2 Å². The average molecular weight is 516 g/mol. The third-order valence-electron chi connectivity index (χ3n) is 7.75. The van der Waals surface area contributed by atoms with Crippen LogP contribution in [-0.4, -0.2) is 13.2 Å². The molecule has 0 heterocycles. The molecule has 0 aliphatic rings. The Hall–Kier alpha value is -1.02. The van der Waals surface area contributed by atoms with Gasteiger partial charge in [-0.1, -0.05) is 173 Å². The molecule has 0 unspecified atom stereocenters. The number of unbranched alkanes of at least 4 members (excludes halogenated alkanes) is 22. The van der Waals surface area contributed by atoms with Gasteiger partial charge in [0.05, 0.1) is 6.61 Å².